The van der Waals surface area contributed by atoms with Crippen molar-refractivity contribution in [2.75, 3.05) is 6.54 Å². The van der Waals surface area contributed by atoms with E-state index in [9.17, 15) is 0 Å². The predicted molar refractivity (Wildman–Crippen MR) is 87.2 cm³/mol. The first-order valence-electron chi connectivity index (χ1n) is 6.72. The second-order valence-corrected chi connectivity index (χ2v) is 6.17. The molecule has 0 fully saturated rings. The Labute approximate surface area is 133 Å². The number of benzene rings is 1. The first-order chi connectivity index (χ1) is 9.56. The largest absolute Gasteiger partial charge is 0.330 e. The molecule has 108 valence electrons. The number of nitrogens with two attached hydrogens (primary N) is 1. The first-order valence-corrected chi connectivity index (χ1v) is 7.89. The van der Waals surface area contributed by atoms with Crippen molar-refractivity contribution < 1.29 is 0 Å². The van der Waals surface area contributed by atoms with Gasteiger partial charge in [-0.15, -0.1) is 0 Å². The molecule has 2 N–H and O–H groups in total. The molecule has 0 amide bonds. The molecule has 0 saturated heterocycles. The molecular weight excluding hydrogens is 338 g/mol. The minimum atomic E-state index is 0.251. The van der Waals surface area contributed by atoms with Crippen LogP contribution in [0.15, 0.2) is 28.7 Å². The molecule has 0 bridgehead atoms. The highest BCUT2D eigenvalue weighted by Gasteiger charge is 2.18. The van der Waals surface area contributed by atoms with Crippen LogP contribution in [0.3, 0.4) is 0 Å². The van der Waals surface area contributed by atoms with Gasteiger partial charge in [-0.05, 0) is 37.1 Å². The van der Waals surface area contributed by atoms with Gasteiger partial charge in [-0.1, -0.05) is 46.6 Å². The van der Waals surface area contributed by atoms with E-state index >= 15 is 0 Å². The van der Waals surface area contributed by atoms with Gasteiger partial charge in [0.05, 0.1) is 16.4 Å². The van der Waals surface area contributed by atoms with E-state index in [1.54, 1.807) is 0 Å². The highest BCUT2D eigenvalue weighted by Crippen LogP contribution is 2.27. The molecule has 5 heteroatoms. The third-order valence-electron chi connectivity index (χ3n) is 3.57. The molecule has 0 radical (unpaired) electrons. The van der Waals surface area contributed by atoms with Crippen LogP contribution in [0.25, 0.3) is 0 Å². The van der Waals surface area contributed by atoms with Gasteiger partial charge < -0.3 is 5.73 Å². The van der Waals surface area contributed by atoms with Gasteiger partial charge in [0.25, 0.3) is 0 Å². The Morgan fingerprint density at radius 2 is 2.00 bits per heavy atom. The lowest BCUT2D eigenvalue weighted by atomic mass is 9.94. The van der Waals surface area contributed by atoms with E-state index in [2.05, 4.69) is 40.1 Å². The predicted octanol–water partition coefficient (Wildman–Crippen LogP) is 3.68. The molecule has 0 spiro atoms. The quantitative estimate of drug-likeness (QED) is 0.888. The van der Waals surface area contributed by atoms with Crippen molar-refractivity contribution in [1.82, 2.24) is 9.78 Å². The van der Waals surface area contributed by atoms with Crippen LogP contribution >= 0.6 is 27.5 Å². The van der Waals surface area contributed by atoms with E-state index in [0.717, 1.165) is 33.7 Å². The highest BCUT2D eigenvalue weighted by molar-refractivity contribution is 9.10. The summed E-state index contributed by atoms with van der Waals surface area (Å²) in [6, 6.07) is 8.29. The molecule has 1 aromatic carbocycles. The zero-order valence-corrected chi connectivity index (χ0v) is 14.1. The molecule has 2 aromatic rings. The van der Waals surface area contributed by atoms with Crippen LogP contribution in [0, 0.1) is 0 Å². The summed E-state index contributed by atoms with van der Waals surface area (Å²) in [6.45, 7) is 2.65. The van der Waals surface area contributed by atoms with Crippen LogP contribution in [0.5, 0.6) is 0 Å². The molecule has 0 aliphatic rings. The average molecular weight is 357 g/mol. The Hall–Kier alpha value is -0.840. The van der Waals surface area contributed by atoms with E-state index in [1.165, 1.54) is 5.56 Å². The van der Waals surface area contributed by atoms with Crippen molar-refractivity contribution in [3.63, 3.8) is 0 Å². The van der Waals surface area contributed by atoms with Gasteiger partial charge >= 0.3 is 0 Å². The zero-order chi connectivity index (χ0) is 14.7. The smallest absolute Gasteiger partial charge is 0.0849 e. The monoisotopic (exact) mass is 355 g/mol. The Morgan fingerprint density at radius 3 is 2.50 bits per heavy atom. The molecule has 1 aromatic heterocycles. The number of halogens is 2. The summed E-state index contributed by atoms with van der Waals surface area (Å²) >= 11 is 9.86. The Balaban J connectivity index is 2.26. The van der Waals surface area contributed by atoms with E-state index in [4.69, 9.17) is 17.3 Å². The molecule has 1 heterocycles. The summed E-state index contributed by atoms with van der Waals surface area (Å²) in [5.74, 6) is 0.251. The molecule has 3 nitrogen and oxygen atoms in total. The molecule has 0 aliphatic carbocycles. The molecular formula is C15H19BrClN3. The Kier molecular flexibility index (Phi) is 5.24. The van der Waals surface area contributed by atoms with Crippen LogP contribution < -0.4 is 5.73 Å². The number of hydrogen-bond acceptors (Lipinski definition) is 2. The first kappa shape index (κ1) is 15.5. The summed E-state index contributed by atoms with van der Waals surface area (Å²) in [6.07, 6.45) is 1.65. The van der Waals surface area contributed by atoms with Crippen molar-refractivity contribution in [3.8, 4) is 0 Å². The molecule has 2 rings (SSSR count). The number of nitrogens with zero attached hydrogens (tertiary/aromatic N) is 2. The maximum absolute atomic E-state index is 6.41. The fourth-order valence-electron chi connectivity index (χ4n) is 2.35. The van der Waals surface area contributed by atoms with Crippen molar-refractivity contribution >= 4 is 27.5 Å². The van der Waals surface area contributed by atoms with Crippen LogP contribution in [0.2, 0.25) is 5.02 Å². The van der Waals surface area contributed by atoms with Crippen LogP contribution in [-0.4, -0.2) is 16.3 Å². The van der Waals surface area contributed by atoms with E-state index in [1.807, 2.05) is 23.9 Å². The minimum Gasteiger partial charge on any atom is -0.330 e. The number of aromatic nitrogens is 2. The van der Waals surface area contributed by atoms with Gasteiger partial charge in [0, 0.05) is 17.4 Å². The third kappa shape index (κ3) is 3.25. The Morgan fingerprint density at radius 1 is 1.35 bits per heavy atom. The van der Waals surface area contributed by atoms with Crippen LogP contribution in [-0.2, 0) is 19.9 Å². The molecule has 1 atom stereocenters. The number of aryl methyl sites for hydroxylation is 2. The van der Waals surface area contributed by atoms with Crippen molar-refractivity contribution in [2.45, 2.75) is 25.7 Å². The molecule has 0 aliphatic heterocycles. The standard InChI is InChI=1S/C15H19BrClN3/c1-3-13-15(17)14(20(2)19-13)8-11(9-18)10-4-6-12(16)7-5-10/h4-7,11H,3,8-9,18H2,1-2H3. The fourth-order valence-corrected chi connectivity index (χ4v) is 2.98. The van der Waals surface area contributed by atoms with Gasteiger partial charge in [0.2, 0.25) is 0 Å². The highest BCUT2D eigenvalue weighted by atomic mass is 79.9. The van der Waals surface area contributed by atoms with Crippen molar-refractivity contribution in [1.29, 1.82) is 0 Å². The number of rotatable bonds is 5. The lowest BCUT2D eigenvalue weighted by Crippen LogP contribution is -2.16. The normalized spacial score (nSPS) is 12.7. The summed E-state index contributed by atoms with van der Waals surface area (Å²) in [5.41, 5.74) is 9.19. The maximum Gasteiger partial charge on any atom is 0.0849 e. The van der Waals surface area contributed by atoms with Gasteiger partial charge in [-0.2, -0.15) is 5.10 Å². The molecule has 0 saturated carbocycles. The van der Waals surface area contributed by atoms with Gasteiger partial charge in [0.15, 0.2) is 0 Å². The Bertz CT molecular complexity index is 578. The van der Waals surface area contributed by atoms with Crippen LogP contribution in [0.4, 0.5) is 0 Å². The topological polar surface area (TPSA) is 43.8 Å². The third-order valence-corrected chi connectivity index (χ3v) is 4.53. The van der Waals surface area contributed by atoms with E-state index < -0.39 is 0 Å². The second-order valence-electron chi connectivity index (χ2n) is 4.87. The SMILES string of the molecule is CCc1nn(C)c(CC(CN)c2ccc(Br)cc2)c1Cl. The summed E-state index contributed by atoms with van der Waals surface area (Å²) < 4.78 is 2.95. The average Bonchev–Trinajstić information content (AvgIpc) is 2.72. The van der Waals surface area contributed by atoms with Crippen LogP contribution in [0.1, 0.15) is 29.8 Å². The van der Waals surface area contributed by atoms with Gasteiger partial charge in [-0.25, -0.2) is 0 Å². The summed E-state index contributed by atoms with van der Waals surface area (Å²) in [4.78, 5) is 0. The molecule has 1 unspecified atom stereocenters. The zero-order valence-electron chi connectivity index (χ0n) is 11.7. The number of hydrogen-bond donors (Lipinski definition) is 1. The fraction of sp³-hybridized carbons (Fsp3) is 0.400. The second kappa shape index (κ2) is 6.74. The van der Waals surface area contributed by atoms with E-state index in [-0.39, 0.29) is 5.92 Å². The lowest BCUT2D eigenvalue weighted by molar-refractivity contribution is 0.628. The van der Waals surface area contributed by atoms with Crippen molar-refractivity contribution in [3.05, 3.63) is 50.7 Å². The molecule has 20 heavy (non-hydrogen) atoms. The van der Waals surface area contributed by atoms with Gasteiger partial charge in [-0.3, -0.25) is 4.68 Å². The summed E-state index contributed by atoms with van der Waals surface area (Å²) in [5, 5.41) is 5.24. The van der Waals surface area contributed by atoms with E-state index in [0.29, 0.717) is 6.54 Å². The maximum atomic E-state index is 6.41. The lowest BCUT2D eigenvalue weighted by Gasteiger charge is -2.16. The van der Waals surface area contributed by atoms with Crippen molar-refractivity contribution in [2.24, 2.45) is 12.8 Å². The van der Waals surface area contributed by atoms with Gasteiger partial charge in [0.1, 0.15) is 0 Å². The summed E-state index contributed by atoms with van der Waals surface area (Å²) in [7, 11) is 1.94. The minimum absolute atomic E-state index is 0.251.